The maximum atomic E-state index is 14.1. The average molecular weight is 348 g/mol. The number of carboxylic acids is 1. The molecule has 6 nitrogen and oxygen atoms in total. The van der Waals surface area contributed by atoms with E-state index in [1.807, 2.05) is 4.90 Å². The van der Waals surface area contributed by atoms with E-state index in [-0.39, 0.29) is 23.0 Å². The molecule has 2 fully saturated rings. The van der Waals surface area contributed by atoms with E-state index in [0.717, 1.165) is 32.0 Å². The monoisotopic (exact) mass is 348 g/mol. The molecular formula is C18H21FN2O4. The maximum Gasteiger partial charge on any atom is 0.335 e. The number of likely N-dealkylation sites (tertiary alicyclic amines) is 2. The molecule has 25 heavy (non-hydrogen) atoms. The Labute approximate surface area is 145 Å². The van der Waals surface area contributed by atoms with Gasteiger partial charge in [0.2, 0.25) is 5.91 Å². The van der Waals surface area contributed by atoms with Crippen LogP contribution in [0.3, 0.4) is 0 Å². The SMILES string of the molecule is O=C(O)c1ccc(C(=O)N2CCC(C(=O)N3CCCC3)CC2)c(F)c1. The van der Waals surface area contributed by atoms with E-state index in [9.17, 15) is 18.8 Å². The number of nitrogens with zero attached hydrogens (tertiary/aromatic N) is 2. The van der Waals surface area contributed by atoms with Gasteiger partial charge in [0.25, 0.3) is 5.91 Å². The van der Waals surface area contributed by atoms with E-state index in [0.29, 0.717) is 25.9 Å². The molecule has 7 heteroatoms. The largest absolute Gasteiger partial charge is 0.478 e. The molecule has 1 aromatic rings. The zero-order valence-electron chi connectivity index (χ0n) is 13.9. The third-order valence-corrected chi connectivity index (χ3v) is 5.00. The van der Waals surface area contributed by atoms with Crippen molar-refractivity contribution in [1.29, 1.82) is 0 Å². The summed E-state index contributed by atoms with van der Waals surface area (Å²) >= 11 is 0. The van der Waals surface area contributed by atoms with Crippen molar-refractivity contribution in [3.05, 3.63) is 35.1 Å². The van der Waals surface area contributed by atoms with Crippen molar-refractivity contribution in [2.75, 3.05) is 26.2 Å². The second-order valence-corrected chi connectivity index (χ2v) is 6.60. The molecule has 2 amide bonds. The zero-order valence-corrected chi connectivity index (χ0v) is 13.9. The first-order valence-corrected chi connectivity index (χ1v) is 8.58. The van der Waals surface area contributed by atoms with Crippen LogP contribution in [0.4, 0.5) is 4.39 Å². The molecule has 0 spiro atoms. The molecule has 0 aromatic heterocycles. The Hall–Kier alpha value is -2.44. The first-order valence-electron chi connectivity index (χ1n) is 8.58. The van der Waals surface area contributed by atoms with Gasteiger partial charge in [-0.25, -0.2) is 9.18 Å². The standard InChI is InChI=1S/C18H21FN2O4/c19-15-11-13(18(24)25)3-4-14(15)17(23)21-9-5-12(6-10-21)16(22)20-7-1-2-8-20/h3-4,11-12H,1-2,5-10H2,(H,24,25). The van der Waals surface area contributed by atoms with Gasteiger partial charge in [-0.15, -0.1) is 0 Å². The van der Waals surface area contributed by atoms with Crippen LogP contribution in [-0.4, -0.2) is 58.9 Å². The van der Waals surface area contributed by atoms with Crippen molar-refractivity contribution >= 4 is 17.8 Å². The van der Waals surface area contributed by atoms with E-state index >= 15 is 0 Å². The van der Waals surface area contributed by atoms with Gasteiger partial charge in [0.15, 0.2) is 0 Å². The van der Waals surface area contributed by atoms with Crippen LogP contribution in [0.25, 0.3) is 0 Å². The molecule has 0 radical (unpaired) electrons. The summed E-state index contributed by atoms with van der Waals surface area (Å²) in [5.74, 6) is -2.43. The molecule has 134 valence electrons. The number of benzene rings is 1. The number of carbonyl (C=O) groups is 3. The second kappa shape index (κ2) is 7.21. The van der Waals surface area contributed by atoms with Gasteiger partial charge < -0.3 is 14.9 Å². The summed E-state index contributed by atoms with van der Waals surface area (Å²) < 4.78 is 14.1. The zero-order chi connectivity index (χ0) is 18.0. The Morgan fingerprint density at radius 3 is 2.20 bits per heavy atom. The van der Waals surface area contributed by atoms with Gasteiger partial charge in [0, 0.05) is 32.1 Å². The summed E-state index contributed by atoms with van der Waals surface area (Å²) in [4.78, 5) is 39.2. The van der Waals surface area contributed by atoms with E-state index < -0.39 is 17.7 Å². The number of aromatic carboxylic acids is 1. The first kappa shape index (κ1) is 17.4. The molecule has 0 bridgehead atoms. The van der Waals surface area contributed by atoms with Crippen molar-refractivity contribution in [2.24, 2.45) is 5.92 Å². The fourth-order valence-electron chi connectivity index (χ4n) is 3.52. The van der Waals surface area contributed by atoms with Gasteiger partial charge in [-0.1, -0.05) is 0 Å². The lowest BCUT2D eigenvalue weighted by Crippen LogP contribution is -2.44. The van der Waals surface area contributed by atoms with Crippen molar-refractivity contribution < 1.29 is 23.9 Å². The lowest BCUT2D eigenvalue weighted by molar-refractivity contribution is -0.135. The number of hydrogen-bond acceptors (Lipinski definition) is 3. The van der Waals surface area contributed by atoms with Crippen LogP contribution < -0.4 is 0 Å². The smallest absolute Gasteiger partial charge is 0.335 e. The number of carboxylic acid groups (broad SMARTS) is 1. The number of amides is 2. The highest BCUT2D eigenvalue weighted by Crippen LogP contribution is 2.24. The number of hydrogen-bond donors (Lipinski definition) is 1. The van der Waals surface area contributed by atoms with Crippen LogP contribution in [0.1, 0.15) is 46.4 Å². The minimum Gasteiger partial charge on any atom is -0.478 e. The molecule has 2 aliphatic heterocycles. The van der Waals surface area contributed by atoms with Crippen LogP contribution in [0.2, 0.25) is 0 Å². The van der Waals surface area contributed by atoms with Crippen molar-refractivity contribution in [3.63, 3.8) is 0 Å². The third-order valence-electron chi connectivity index (χ3n) is 5.00. The minimum atomic E-state index is -1.24. The number of rotatable bonds is 3. The average Bonchev–Trinajstić information content (AvgIpc) is 3.15. The van der Waals surface area contributed by atoms with E-state index in [1.54, 1.807) is 0 Å². The second-order valence-electron chi connectivity index (χ2n) is 6.60. The Bertz CT molecular complexity index is 692. The Kier molecular flexibility index (Phi) is 5.01. The molecule has 0 atom stereocenters. The predicted molar refractivity (Wildman–Crippen MR) is 87.8 cm³/mol. The third kappa shape index (κ3) is 3.65. The van der Waals surface area contributed by atoms with Gasteiger partial charge in [0.05, 0.1) is 11.1 Å². The molecular weight excluding hydrogens is 327 g/mol. The minimum absolute atomic E-state index is 0.0682. The molecule has 2 saturated heterocycles. The van der Waals surface area contributed by atoms with E-state index in [1.165, 1.54) is 17.0 Å². The summed E-state index contributed by atoms with van der Waals surface area (Å²) in [5.41, 5.74) is -0.321. The highest BCUT2D eigenvalue weighted by atomic mass is 19.1. The van der Waals surface area contributed by atoms with Gasteiger partial charge in [-0.05, 0) is 43.9 Å². The maximum absolute atomic E-state index is 14.1. The van der Waals surface area contributed by atoms with E-state index in [2.05, 4.69) is 0 Å². The van der Waals surface area contributed by atoms with Gasteiger partial charge in [0.1, 0.15) is 5.82 Å². The van der Waals surface area contributed by atoms with Crippen LogP contribution >= 0.6 is 0 Å². The highest BCUT2D eigenvalue weighted by Gasteiger charge is 2.32. The Morgan fingerprint density at radius 1 is 1.00 bits per heavy atom. The topological polar surface area (TPSA) is 77.9 Å². The van der Waals surface area contributed by atoms with Gasteiger partial charge in [-0.3, -0.25) is 9.59 Å². The first-order chi connectivity index (χ1) is 12.0. The highest BCUT2D eigenvalue weighted by molar-refractivity contribution is 5.96. The Morgan fingerprint density at radius 2 is 1.64 bits per heavy atom. The quantitative estimate of drug-likeness (QED) is 0.906. The van der Waals surface area contributed by atoms with Crippen LogP contribution in [-0.2, 0) is 4.79 Å². The summed E-state index contributed by atoms with van der Waals surface area (Å²) in [6.45, 7) is 2.45. The fraction of sp³-hybridized carbons (Fsp3) is 0.500. The lowest BCUT2D eigenvalue weighted by Gasteiger charge is -2.33. The summed E-state index contributed by atoms with van der Waals surface area (Å²) in [6.07, 6.45) is 3.26. The molecule has 1 aromatic carbocycles. The number of carbonyl (C=O) groups excluding carboxylic acids is 2. The molecule has 0 unspecified atom stereocenters. The summed E-state index contributed by atoms with van der Waals surface area (Å²) in [7, 11) is 0. The van der Waals surface area contributed by atoms with Gasteiger partial charge >= 0.3 is 5.97 Å². The normalized spacial score (nSPS) is 18.4. The lowest BCUT2D eigenvalue weighted by atomic mass is 9.94. The van der Waals surface area contributed by atoms with E-state index in [4.69, 9.17) is 5.11 Å². The van der Waals surface area contributed by atoms with Crippen molar-refractivity contribution in [2.45, 2.75) is 25.7 Å². The van der Waals surface area contributed by atoms with Gasteiger partial charge in [-0.2, -0.15) is 0 Å². The molecule has 0 saturated carbocycles. The predicted octanol–water partition coefficient (Wildman–Crippen LogP) is 2.00. The molecule has 3 rings (SSSR count). The van der Waals surface area contributed by atoms with Crippen molar-refractivity contribution in [1.82, 2.24) is 9.80 Å². The fourth-order valence-corrected chi connectivity index (χ4v) is 3.52. The van der Waals surface area contributed by atoms with Crippen LogP contribution in [0, 0.1) is 11.7 Å². The van der Waals surface area contributed by atoms with Crippen LogP contribution in [0.5, 0.6) is 0 Å². The molecule has 1 N–H and O–H groups in total. The molecule has 0 aliphatic carbocycles. The number of halogens is 1. The summed E-state index contributed by atoms with van der Waals surface area (Å²) in [6, 6.07) is 3.30. The summed E-state index contributed by atoms with van der Waals surface area (Å²) in [5, 5.41) is 8.86. The molecule has 2 heterocycles. The number of piperidine rings is 1. The van der Waals surface area contributed by atoms with Crippen LogP contribution in [0.15, 0.2) is 18.2 Å². The molecule has 2 aliphatic rings. The Balaban J connectivity index is 1.61. The van der Waals surface area contributed by atoms with Crippen molar-refractivity contribution in [3.8, 4) is 0 Å².